The number of nitrogens with one attached hydrogen (secondary N) is 1. The van der Waals surface area contributed by atoms with Gasteiger partial charge in [-0.25, -0.2) is 4.99 Å². The molecule has 7 aromatic carbocycles. The van der Waals surface area contributed by atoms with E-state index in [2.05, 4.69) is 169 Å². The molecule has 4 nitrogen and oxygen atoms in total. The van der Waals surface area contributed by atoms with Crippen LogP contribution in [0.5, 0.6) is 0 Å². The van der Waals surface area contributed by atoms with Gasteiger partial charge < -0.3 is 11.1 Å². The van der Waals surface area contributed by atoms with Crippen molar-refractivity contribution in [2.45, 2.75) is 25.4 Å². The topological polar surface area (TPSA) is 55.3 Å². The maximum absolute atomic E-state index is 7.17. The third-order valence-electron chi connectivity index (χ3n) is 11.0. The van der Waals surface area contributed by atoms with Gasteiger partial charge in [0.15, 0.2) is 0 Å². The van der Waals surface area contributed by atoms with E-state index in [4.69, 9.17) is 10.7 Å². The minimum absolute atomic E-state index is 0.199. The summed E-state index contributed by atoms with van der Waals surface area (Å²) < 4.78 is 2.15. The monoisotopic (exact) mass is 656 g/mol. The van der Waals surface area contributed by atoms with Gasteiger partial charge in [0.2, 0.25) is 5.96 Å². The number of aliphatic imine (C=N–C) groups is 1. The Labute approximate surface area is 296 Å². The van der Waals surface area contributed by atoms with Crippen LogP contribution in [0.25, 0.3) is 65.6 Å². The molecule has 1 aliphatic carbocycles. The Balaban J connectivity index is 1.20. The summed E-state index contributed by atoms with van der Waals surface area (Å²) in [7, 11) is 0. The molecule has 0 spiro atoms. The molecule has 1 aliphatic heterocycles. The maximum atomic E-state index is 7.17. The first-order chi connectivity index (χ1) is 25.0. The van der Waals surface area contributed by atoms with E-state index in [-0.39, 0.29) is 11.6 Å². The van der Waals surface area contributed by atoms with Crippen molar-refractivity contribution < 1.29 is 0 Å². The van der Waals surface area contributed by atoms with Gasteiger partial charge in [-0.3, -0.25) is 4.57 Å². The number of dihydropyridines is 1. The molecule has 3 N–H and O–H groups in total. The standard InChI is InChI=1S/C47H36N4/c1-47(2)40-26-38-34-21-13-14-24-41(34)51(42(38)27-39(40)43-35-22-11-9-19-32(35)33-20-10-12-23-36(33)44(43)47)46(48)50-45-37(30-17-7-4-8-18-30)25-31(28-49-45)29-15-5-3-6-16-29/h3-28,45,49H,1-2H3,(H2,48,50). The zero-order valence-electron chi connectivity index (χ0n) is 28.6. The van der Waals surface area contributed by atoms with Crippen molar-refractivity contribution in [3.63, 3.8) is 0 Å². The lowest BCUT2D eigenvalue weighted by Crippen LogP contribution is -2.32. The van der Waals surface area contributed by atoms with E-state index in [9.17, 15) is 0 Å². The molecule has 10 rings (SSSR count). The fourth-order valence-corrected chi connectivity index (χ4v) is 8.70. The fraction of sp³-hybridized carbons (Fsp3) is 0.0851. The van der Waals surface area contributed by atoms with Crippen LogP contribution in [0, 0.1) is 0 Å². The number of benzene rings is 7. The summed E-state index contributed by atoms with van der Waals surface area (Å²) >= 11 is 0. The van der Waals surface area contributed by atoms with Crippen LogP contribution in [0.1, 0.15) is 36.1 Å². The zero-order chi connectivity index (χ0) is 34.3. The Morgan fingerprint density at radius 1 is 0.627 bits per heavy atom. The van der Waals surface area contributed by atoms with E-state index in [1.165, 1.54) is 49.2 Å². The van der Waals surface area contributed by atoms with Crippen LogP contribution in [0.2, 0.25) is 0 Å². The Kier molecular flexibility index (Phi) is 6.40. The van der Waals surface area contributed by atoms with E-state index in [1.807, 2.05) is 12.1 Å². The minimum Gasteiger partial charge on any atom is -0.369 e. The first-order valence-corrected chi connectivity index (χ1v) is 17.6. The molecule has 1 atom stereocenters. The number of para-hydroxylation sites is 1. The summed E-state index contributed by atoms with van der Waals surface area (Å²) in [5.74, 6) is 0.442. The van der Waals surface area contributed by atoms with Gasteiger partial charge in [-0.2, -0.15) is 0 Å². The summed E-state index contributed by atoms with van der Waals surface area (Å²) in [4.78, 5) is 5.26. The first kappa shape index (κ1) is 29.5. The van der Waals surface area contributed by atoms with Crippen LogP contribution < -0.4 is 11.1 Å². The van der Waals surface area contributed by atoms with Crippen LogP contribution in [0.15, 0.2) is 163 Å². The van der Waals surface area contributed by atoms with Crippen LogP contribution >= 0.6 is 0 Å². The second-order valence-electron chi connectivity index (χ2n) is 14.2. The molecular weight excluding hydrogens is 621 g/mol. The molecule has 1 unspecified atom stereocenters. The molecule has 0 bridgehead atoms. The number of hydrogen-bond donors (Lipinski definition) is 2. The number of allylic oxidation sites excluding steroid dienone is 2. The predicted octanol–water partition coefficient (Wildman–Crippen LogP) is 10.6. The van der Waals surface area contributed by atoms with Gasteiger partial charge in [-0.15, -0.1) is 0 Å². The van der Waals surface area contributed by atoms with Crippen molar-refractivity contribution in [1.29, 1.82) is 0 Å². The largest absolute Gasteiger partial charge is 0.369 e. The molecule has 0 saturated carbocycles. The number of fused-ring (bicyclic) bond motifs is 11. The molecular formula is C47H36N4. The average Bonchev–Trinajstić information content (AvgIpc) is 3.63. The van der Waals surface area contributed by atoms with Gasteiger partial charge in [0.05, 0.1) is 11.0 Å². The van der Waals surface area contributed by atoms with Crippen molar-refractivity contribution in [1.82, 2.24) is 9.88 Å². The van der Waals surface area contributed by atoms with E-state index >= 15 is 0 Å². The van der Waals surface area contributed by atoms with Crippen molar-refractivity contribution in [2.24, 2.45) is 10.7 Å². The smallest absolute Gasteiger partial charge is 0.203 e. The summed E-state index contributed by atoms with van der Waals surface area (Å²) in [6.45, 7) is 4.76. The molecule has 8 aromatic rings. The number of rotatable bonds is 3. The van der Waals surface area contributed by atoms with Gasteiger partial charge in [0, 0.05) is 28.0 Å². The molecule has 2 heterocycles. The van der Waals surface area contributed by atoms with E-state index in [0.29, 0.717) is 5.96 Å². The molecule has 0 amide bonds. The van der Waals surface area contributed by atoms with Crippen LogP contribution in [0.3, 0.4) is 0 Å². The number of nitrogens with two attached hydrogens (primary N) is 1. The second kappa shape index (κ2) is 11.1. The van der Waals surface area contributed by atoms with Crippen molar-refractivity contribution >= 4 is 60.5 Å². The highest BCUT2D eigenvalue weighted by Gasteiger charge is 2.39. The maximum Gasteiger partial charge on any atom is 0.203 e. The van der Waals surface area contributed by atoms with E-state index < -0.39 is 0 Å². The Morgan fingerprint density at radius 2 is 1.22 bits per heavy atom. The van der Waals surface area contributed by atoms with Crippen molar-refractivity contribution in [3.8, 4) is 11.1 Å². The Bertz CT molecular complexity index is 2800. The average molecular weight is 657 g/mol. The highest BCUT2D eigenvalue weighted by molar-refractivity contribution is 6.21. The zero-order valence-corrected chi connectivity index (χ0v) is 28.6. The SMILES string of the molecule is CC1(C)c2cc3c4ccccc4n(C(N)=NC4NC=C(c5ccccc5)C=C4c4ccccc4)c3cc2-c2c1c1ccccc1c1ccccc21. The van der Waals surface area contributed by atoms with E-state index in [0.717, 1.165) is 38.7 Å². The van der Waals surface area contributed by atoms with Gasteiger partial charge in [-0.1, -0.05) is 141 Å². The van der Waals surface area contributed by atoms with Crippen molar-refractivity contribution in [2.75, 3.05) is 0 Å². The minimum atomic E-state index is -0.375. The first-order valence-electron chi connectivity index (χ1n) is 17.6. The third-order valence-corrected chi connectivity index (χ3v) is 11.0. The molecule has 2 aliphatic rings. The summed E-state index contributed by atoms with van der Waals surface area (Å²) in [6, 6.07) is 52.0. The molecule has 4 heteroatoms. The highest BCUT2D eigenvalue weighted by atomic mass is 15.2. The molecule has 1 aromatic heterocycles. The molecule has 0 radical (unpaired) electrons. The Morgan fingerprint density at radius 3 is 1.94 bits per heavy atom. The van der Waals surface area contributed by atoms with E-state index in [1.54, 1.807) is 0 Å². The van der Waals surface area contributed by atoms with Crippen molar-refractivity contribution in [3.05, 3.63) is 180 Å². The normalized spacial score (nSPS) is 16.6. The lowest BCUT2D eigenvalue weighted by molar-refractivity contribution is 0.667. The lowest BCUT2D eigenvalue weighted by Gasteiger charge is -2.24. The molecule has 51 heavy (non-hydrogen) atoms. The fourth-order valence-electron chi connectivity index (χ4n) is 8.70. The lowest BCUT2D eigenvalue weighted by atomic mass is 9.79. The number of nitrogens with zero attached hydrogens (tertiary/aromatic N) is 2. The number of aromatic nitrogens is 1. The third kappa shape index (κ3) is 4.36. The predicted molar refractivity (Wildman–Crippen MR) is 215 cm³/mol. The number of hydrogen-bond acceptors (Lipinski definition) is 2. The molecule has 0 fully saturated rings. The van der Waals surface area contributed by atoms with Crippen LogP contribution in [-0.2, 0) is 5.41 Å². The van der Waals surface area contributed by atoms with Gasteiger partial charge in [0.1, 0.15) is 6.17 Å². The molecule has 0 saturated heterocycles. The highest BCUT2D eigenvalue weighted by Crippen LogP contribution is 2.55. The summed E-state index contributed by atoms with van der Waals surface area (Å²) in [5.41, 5.74) is 18.8. The van der Waals surface area contributed by atoms with Crippen LogP contribution in [0.4, 0.5) is 0 Å². The van der Waals surface area contributed by atoms with Crippen LogP contribution in [-0.4, -0.2) is 16.7 Å². The second-order valence-corrected chi connectivity index (χ2v) is 14.2. The summed E-state index contributed by atoms with van der Waals surface area (Å²) in [6.07, 6.45) is 3.91. The van der Waals surface area contributed by atoms with Gasteiger partial charge >= 0.3 is 0 Å². The van der Waals surface area contributed by atoms with Gasteiger partial charge in [0.25, 0.3) is 0 Å². The summed E-state index contributed by atoms with van der Waals surface area (Å²) in [5, 5.41) is 11.1. The Hall–Kier alpha value is -6.39. The quantitative estimate of drug-likeness (QED) is 0.113. The molecule has 244 valence electrons. The van der Waals surface area contributed by atoms with Gasteiger partial charge in [-0.05, 0) is 84.8 Å².